The number of ether oxygens (including phenoxy) is 2. The molecule has 0 radical (unpaired) electrons. The van der Waals surface area contributed by atoms with E-state index in [-0.39, 0.29) is 5.82 Å². The number of hydrogen-bond donors (Lipinski definition) is 2. The predicted molar refractivity (Wildman–Crippen MR) is 107 cm³/mol. The van der Waals surface area contributed by atoms with Gasteiger partial charge in [-0.3, -0.25) is 5.43 Å². The molecule has 1 heterocycles. The van der Waals surface area contributed by atoms with Crippen molar-refractivity contribution in [3.8, 4) is 11.5 Å². The van der Waals surface area contributed by atoms with Crippen LogP contribution in [0.2, 0.25) is 0 Å². The van der Waals surface area contributed by atoms with E-state index < -0.39 is 5.69 Å². The number of hydrazone groups is 1. The van der Waals surface area contributed by atoms with Gasteiger partial charge in [-0.1, -0.05) is 30.3 Å². The van der Waals surface area contributed by atoms with Crippen molar-refractivity contribution in [1.29, 1.82) is 0 Å². The second-order valence-corrected chi connectivity index (χ2v) is 5.77. The van der Waals surface area contributed by atoms with Crippen LogP contribution < -0.4 is 20.6 Å². The Bertz CT molecular complexity index is 973. The molecule has 144 valence electrons. The minimum atomic E-state index is -0.546. The number of anilines is 1. The van der Waals surface area contributed by atoms with Gasteiger partial charge in [0.05, 0.1) is 25.6 Å². The molecule has 0 saturated heterocycles. The molecule has 0 unspecified atom stereocenters. The van der Waals surface area contributed by atoms with E-state index in [2.05, 4.69) is 37.8 Å². The zero-order chi connectivity index (χ0) is 19.6. The Hall–Kier alpha value is -3.68. The van der Waals surface area contributed by atoms with E-state index in [0.717, 1.165) is 12.0 Å². The minimum absolute atomic E-state index is 0.255. The first-order valence-electron chi connectivity index (χ1n) is 8.89. The molecule has 2 aromatic carbocycles. The highest BCUT2D eigenvalue weighted by Crippen LogP contribution is 2.28. The van der Waals surface area contributed by atoms with Crippen LogP contribution in [0, 0.1) is 0 Å². The number of rotatable bonds is 9. The lowest BCUT2D eigenvalue weighted by molar-refractivity contribution is 0.279. The van der Waals surface area contributed by atoms with Crippen LogP contribution in [0.25, 0.3) is 0 Å². The fourth-order valence-electron chi connectivity index (χ4n) is 2.45. The van der Waals surface area contributed by atoms with Gasteiger partial charge in [0.15, 0.2) is 17.3 Å². The van der Waals surface area contributed by atoms with Gasteiger partial charge in [-0.2, -0.15) is 15.2 Å². The summed E-state index contributed by atoms with van der Waals surface area (Å²) in [7, 11) is 0. The molecule has 0 aliphatic rings. The zero-order valence-electron chi connectivity index (χ0n) is 15.5. The highest BCUT2D eigenvalue weighted by molar-refractivity contribution is 5.81. The summed E-state index contributed by atoms with van der Waals surface area (Å²) in [6, 6.07) is 15.7. The topological polar surface area (TPSA) is 101 Å². The van der Waals surface area contributed by atoms with Crippen molar-refractivity contribution in [1.82, 2.24) is 15.2 Å². The molecule has 3 aromatic rings. The Morgan fingerprint density at radius 3 is 2.79 bits per heavy atom. The van der Waals surface area contributed by atoms with E-state index in [1.54, 1.807) is 6.21 Å². The fraction of sp³-hybridized carbons (Fsp3) is 0.200. The highest BCUT2D eigenvalue weighted by Gasteiger charge is 2.06. The van der Waals surface area contributed by atoms with Crippen LogP contribution in [0.15, 0.2) is 64.6 Å². The Morgan fingerprint density at radius 2 is 2.00 bits per heavy atom. The maximum absolute atomic E-state index is 11.1. The summed E-state index contributed by atoms with van der Waals surface area (Å²) in [5.74, 6) is 1.59. The van der Waals surface area contributed by atoms with Gasteiger partial charge < -0.3 is 9.47 Å². The van der Waals surface area contributed by atoms with Crippen LogP contribution in [0.5, 0.6) is 11.5 Å². The molecule has 8 nitrogen and oxygen atoms in total. The van der Waals surface area contributed by atoms with E-state index in [1.165, 1.54) is 11.8 Å². The van der Waals surface area contributed by atoms with Crippen molar-refractivity contribution in [2.75, 3.05) is 18.6 Å². The van der Waals surface area contributed by atoms with Crippen molar-refractivity contribution in [3.05, 3.63) is 76.3 Å². The predicted octanol–water partition coefficient (Wildman–Crippen LogP) is 2.63. The molecule has 2 N–H and O–H groups in total. The van der Waals surface area contributed by atoms with E-state index in [1.807, 2.05) is 43.3 Å². The molecule has 0 bridgehead atoms. The monoisotopic (exact) mass is 379 g/mol. The summed E-state index contributed by atoms with van der Waals surface area (Å²) in [5, 5.41) is 9.89. The lowest BCUT2D eigenvalue weighted by Crippen LogP contribution is -2.13. The molecule has 28 heavy (non-hydrogen) atoms. The van der Waals surface area contributed by atoms with Crippen molar-refractivity contribution in [3.63, 3.8) is 0 Å². The molecule has 0 spiro atoms. The third-order valence-electron chi connectivity index (χ3n) is 3.72. The molecule has 3 rings (SSSR count). The normalized spacial score (nSPS) is 10.8. The summed E-state index contributed by atoms with van der Waals surface area (Å²) in [4.78, 5) is 14.8. The Morgan fingerprint density at radius 1 is 1.14 bits per heavy atom. The van der Waals surface area contributed by atoms with Gasteiger partial charge in [-0.25, -0.2) is 9.89 Å². The van der Waals surface area contributed by atoms with Gasteiger partial charge in [0.2, 0.25) is 0 Å². The average molecular weight is 379 g/mol. The summed E-state index contributed by atoms with van der Waals surface area (Å²) in [6.07, 6.45) is 3.78. The molecule has 0 fully saturated rings. The molecular formula is C20H21N5O3. The van der Waals surface area contributed by atoms with Crippen molar-refractivity contribution in [2.45, 2.75) is 13.3 Å². The molecule has 0 saturated carbocycles. The van der Waals surface area contributed by atoms with Gasteiger partial charge in [0.1, 0.15) is 0 Å². The third kappa shape index (κ3) is 5.66. The minimum Gasteiger partial charge on any atom is -0.490 e. The number of aromatic nitrogens is 3. The molecular weight excluding hydrogens is 358 g/mol. The van der Waals surface area contributed by atoms with Gasteiger partial charge in [-0.15, -0.1) is 0 Å². The number of nitrogens with one attached hydrogen (secondary N) is 2. The van der Waals surface area contributed by atoms with Crippen LogP contribution in [0.1, 0.15) is 18.1 Å². The molecule has 1 aromatic heterocycles. The molecule has 8 heteroatoms. The zero-order valence-corrected chi connectivity index (χ0v) is 15.5. The van der Waals surface area contributed by atoms with Gasteiger partial charge >= 0.3 is 5.69 Å². The van der Waals surface area contributed by atoms with E-state index in [9.17, 15) is 4.79 Å². The maximum atomic E-state index is 11.1. The van der Waals surface area contributed by atoms with Crippen molar-refractivity contribution >= 4 is 12.0 Å². The number of nitrogens with zero attached hydrogens (tertiary/aromatic N) is 3. The molecule has 0 atom stereocenters. The standard InChI is InChI=1S/C20H21N5O3/c1-2-27-18-12-16(13-21-24-19-14-22-25-20(26)23-19)8-9-17(18)28-11-10-15-6-4-3-5-7-15/h3-9,12-14H,2,10-11H2,1H3,(H2,23,24,25,26)/b21-13+. The van der Waals surface area contributed by atoms with Gasteiger partial charge in [0.25, 0.3) is 0 Å². The summed E-state index contributed by atoms with van der Waals surface area (Å²) in [6.45, 7) is 3.00. The average Bonchev–Trinajstić information content (AvgIpc) is 2.71. The van der Waals surface area contributed by atoms with Gasteiger partial charge in [-0.05, 0) is 36.2 Å². The van der Waals surface area contributed by atoms with Crippen LogP contribution in [0.4, 0.5) is 5.82 Å². The van der Waals surface area contributed by atoms with Gasteiger partial charge in [0, 0.05) is 6.42 Å². The molecule has 0 amide bonds. The fourth-order valence-corrected chi connectivity index (χ4v) is 2.45. The summed E-state index contributed by atoms with van der Waals surface area (Å²) >= 11 is 0. The van der Waals surface area contributed by atoms with Crippen molar-refractivity contribution in [2.24, 2.45) is 5.10 Å². The lowest BCUT2D eigenvalue weighted by Gasteiger charge is -2.12. The summed E-state index contributed by atoms with van der Waals surface area (Å²) < 4.78 is 11.6. The number of aromatic amines is 1. The Kier molecular flexibility index (Phi) is 6.73. The lowest BCUT2D eigenvalue weighted by atomic mass is 10.2. The van der Waals surface area contributed by atoms with Crippen LogP contribution in [-0.2, 0) is 6.42 Å². The van der Waals surface area contributed by atoms with Crippen LogP contribution >= 0.6 is 0 Å². The van der Waals surface area contributed by atoms with E-state index in [0.29, 0.717) is 24.7 Å². The number of hydrogen-bond acceptors (Lipinski definition) is 7. The molecule has 0 aliphatic carbocycles. The quantitative estimate of drug-likeness (QED) is 0.438. The first-order chi connectivity index (χ1) is 13.7. The second-order valence-electron chi connectivity index (χ2n) is 5.77. The molecule has 0 aliphatic heterocycles. The smallest absolute Gasteiger partial charge is 0.363 e. The summed E-state index contributed by atoms with van der Waals surface area (Å²) in [5.41, 5.74) is 4.14. The SMILES string of the molecule is CCOc1cc(/C=N/Nc2cn[nH]c(=O)n2)ccc1OCCc1ccccc1. The maximum Gasteiger partial charge on any atom is 0.363 e. The first-order valence-corrected chi connectivity index (χ1v) is 8.89. The van der Waals surface area contributed by atoms with E-state index in [4.69, 9.17) is 9.47 Å². The number of H-pyrrole nitrogens is 1. The highest BCUT2D eigenvalue weighted by atomic mass is 16.5. The number of benzene rings is 2. The van der Waals surface area contributed by atoms with Crippen molar-refractivity contribution < 1.29 is 9.47 Å². The Balaban J connectivity index is 1.62. The van der Waals surface area contributed by atoms with Crippen LogP contribution in [0.3, 0.4) is 0 Å². The largest absolute Gasteiger partial charge is 0.490 e. The Labute approximate surface area is 162 Å². The van der Waals surface area contributed by atoms with E-state index >= 15 is 0 Å². The second kappa shape index (κ2) is 9.86. The van der Waals surface area contributed by atoms with Crippen LogP contribution in [-0.4, -0.2) is 34.6 Å². The third-order valence-corrected chi connectivity index (χ3v) is 3.72. The first kappa shape index (κ1) is 19.1.